The van der Waals surface area contributed by atoms with Gasteiger partial charge in [0.2, 0.25) is 5.91 Å². The molecule has 126 valence electrons. The zero-order valence-electron chi connectivity index (χ0n) is 13.6. The lowest BCUT2D eigenvalue weighted by Crippen LogP contribution is -2.48. The number of phenolic OH excluding ortho intramolecular Hbond substituents is 1. The maximum Gasteiger partial charge on any atom is 0.244 e. The summed E-state index contributed by atoms with van der Waals surface area (Å²) in [7, 11) is 0. The highest BCUT2D eigenvalue weighted by atomic mass is 35.5. The lowest BCUT2D eigenvalue weighted by molar-refractivity contribution is -0.120. The number of halogens is 1. The van der Waals surface area contributed by atoms with E-state index < -0.39 is 6.04 Å². The Kier molecular flexibility index (Phi) is 4.78. The third-order valence-corrected chi connectivity index (χ3v) is 4.76. The van der Waals surface area contributed by atoms with Crippen LogP contribution in [0, 0.1) is 5.92 Å². The SMILES string of the molecule is CC1Cc2ccccc2N(C(=O)[C@H](N)Cc2ccc(O)cc2Cl)C1. The molecular formula is C19H21ClN2O2. The van der Waals surface area contributed by atoms with Crippen LogP contribution in [0.2, 0.25) is 5.02 Å². The molecule has 24 heavy (non-hydrogen) atoms. The number of carbonyl (C=O) groups excluding carboxylic acids is 1. The predicted octanol–water partition coefficient (Wildman–Crippen LogP) is 3.14. The molecule has 1 heterocycles. The first-order valence-electron chi connectivity index (χ1n) is 8.08. The van der Waals surface area contributed by atoms with Gasteiger partial charge >= 0.3 is 0 Å². The highest BCUT2D eigenvalue weighted by molar-refractivity contribution is 6.31. The average Bonchev–Trinajstić information content (AvgIpc) is 2.55. The molecule has 0 saturated heterocycles. The van der Waals surface area contributed by atoms with Crippen molar-refractivity contribution in [3.8, 4) is 5.75 Å². The van der Waals surface area contributed by atoms with E-state index >= 15 is 0 Å². The molecule has 0 radical (unpaired) electrons. The number of carbonyl (C=O) groups is 1. The van der Waals surface area contributed by atoms with E-state index in [1.54, 1.807) is 17.0 Å². The molecular weight excluding hydrogens is 324 g/mol. The van der Waals surface area contributed by atoms with E-state index in [2.05, 4.69) is 13.0 Å². The highest BCUT2D eigenvalue weighted by Crippen LogP contribution is 2.30. The minimum atomic E-state index is -0.676. The van der Waals surface area contributed by atoms with Gasteiger partial charge in [0.25, 0.3) is 0 Å². The van der Waals surface area contributed by atoms with Gasteiger partial charge < -0.3 is 15.7 Å². The van der Waals surface area contributed by atoms with Crippen LogP contribution >= 0.6 is 11.6 Å². The van der Waals surface area contributed by atoms with Crippen LogP contribution in [-0.4, -0.2) is 23.6 Å². The molecule has 3 N–H and O–H groups in total. The Labute approximate surface area is 146 Å². The van der Waals surface area contributed by atoms with Crippen molar-refractivity contribution in [2.45, 2.75) is 25.8 Å². The molecule has 0 saturated carbocycles. The van der Waals surface area contributed by atoms with Crippen molar-refractivity contribution in [2.75, 3.05) is 11.4 Å². The van der Waals surface area contributed by atoms with Crippen LogP contribution in [0.25, 0.3) is 0 Å². The van der Waals surface area contributed by atoms with Crippen molar-refractivity contribution < 1.29 is 9.90 Å². The molecule has 2 aromatic rings. The van der Waals surface area contributed by atoms with Gasteiger partial charge in [-0.1, -0.05) is 42.8 Å². The van der Waals surface area contributed by atoms with Gasteiger partial charge in [0, 0.05) is 17.3 Å². The minimum Gasteiger partial charge on any atom is -0.508 e. The molecule has 1 amide bonds. The lowest BCUT2D eigenvalue weighted by Gasteiger charge is -2.34. The fraction of sp³-hybridized carbons (Fsp3) is 0.316. The Bertz CT molecular complexity index is 763. The highest BCUT2D eigenvalue weighted by Gasteiger charge is 2.29. The normalized spacial score (nSPS) is 18.1. The van der Waals surface area contributed by atoms with E-state index in [0.29, 0.717) is 23.9 Å². The van der Waals surface area contributed by atoms with Crippen LogP contribution < -0.4 is 10.6 Å². The predicted molar refractivity (Wildman–Crippen MR) is 96.5 cm³/mol. The molecule has 0 aromatic heterocycles. The average molecular weight is 345 g/mol. The lowest BCUT2D eigenvalue weighted by atomic mass is 9.93. The van der Waals surface area contributed by atoms with E-state index in [4.69, 9.17) is 17.3 Å². The second-order valence-electron chi connectivity index (χ2n) is 6.47. The third kappa shape index (κ3) is 3.40. The second-order valence-corrected chi connectivity index (χ2v) is 6.88. The standard InChI is InChI=1S/C19H21ClN2O2/c1-12-8-14-4-2-3-5-18(14)22(11-12)19(24)17(21)9-13-6-7-15(23)10-16(13)20/h2-7,10,12,17,23H,8-9,11,21H2,1H3/t12?,17-/m1/s1. The summed E-state index contributed by atoms with van der Waals surface area (Å²) in [5, 5.41) is 9.85. The maximum atomic E-state index is 12.9. The summed E-state index contributed by atoms with van der Waals surface area (Å²) in [6, 6.07) is 12.0. The molecule has 5 heteroatoms. The van der Waals surface area contributed by atoms with Gasteiger partial charge in [-0.25, -0.2) is 0 Å². The van der Waals surface area contributed by atoms with Crippen LogP contribution in [0.1, 0.15) is 18.1 Å². The summed E-state index contributed by atoms with van der Waals surface area (Å²) < 4.78 is 0. The fourth-order valence-corrected chi connectivity index (χ4v) is 3.48. The zero-order valence-corrected chi connectivity index (χ0v) is 14.3. The quantitative estimate of drug-likeness (QED) is 0.898. The van der Waals surface area contributed by atoms with E-state index in [1.165, 1.54) is 11.6 Å². The molecule has 3 rings (SSSR count). The smallest absolute Gasteiger partial charge is 0.244 e. The number of amides is 1. The summed E-state index contributed by atoms with van der Waals surface area (Å²) >= 11 is 6.13. The van der Waals surface area contributed by atoms with Crippen LogP contribution in [0.3, 0.4) is 0 Å². The number of nitrogens with zero attached hydrogens (tertiary/aromatic N) is 1. The summed E-state index contributed by atoms with van der Waals surface area (Å²) in [5.41, 5.74) is 9.07. The van der Waals surface area contributed by atoms with Gasteiger partial charge in [-0.3, -0.25) is 4.79 Å². The van der Waals surface area contributed by atoms with Gasteiger partial charge in [-0.15, -0.1) is 0 Å². The van der Waals surface area contributed by atoms with Gasteiger partial charge in [-0.2, -0.15) is 0 Å². The number of phenols is 1. The monoisotopic (exact) mass is 344 g/mol. The topological polar surface area (TPSA) is 66.6 Å². The van der Waals surface area contributed by atoms with Gasteiger partial charge in [-0.05, 0) is 48.1 Å². The van der Waals surface area contributed by atoms with Crippen molar-refractivity contribution >= 4 is 23.2 Å². The van der Waals surface area contributed by atoms with Gasteiger partial charge in [0.15, 0.2) is 0 Å². The minimum absolute atomic E-state index is 0.0989. The summed E-state index contributed by atoms with van der Waals surface area (Å²) in [6.07, 6.45) is 1.31. The number of rotatable bonds is 3. The van der Waals surface area contributed by atoms with Crippen molar-refractivity contribution in [1.82, 2.24) is 0 Å². The Morgan fingerprint density at radius 2 is 2.12 bits per heavy atom. The van der Waals surface area contributed by atoms with Gasteiger partial charge in [0.1, 0.15) is 5.75 Å². The number of hydrogen-bond acceptors (Lipinski definition) is 3. The molecule has 0 aliphatic carbocycles. The molecule has 0 fully saturated rings. The fourth-order valence-electron chi connectivity index (χ4n) is 3.23. The largest absolute Gasteiger partial charge is 0.508 e. The number of hydrogen-bond donors (Lipinski definition) is 2. The van der Waals surface area contributed by atoms with Crippen LogP contribution in [0.4, 0.5) is 5.69 Å². The second kappa shape index (κ2) is 6.83. The van der Waals surface area contributed by atoms with Crippen molar-refractivity contribution in [3.63, 3.8) is 0 Å². The maximum absolute atomic E-state index is 12.9. The number of nitrogens with two attached hydrogens (primary N) is 1. The Morgan fingerprint density at radius 1 is 1.38 bits per heavy atom. The first kappa shape index (κ1) is 16.8. The summed E-state index contributed by atoms with van der Waals surface area (Å²) in [5.74, 6) is 0.397. The number of anilines is 1. The Hall–Kier alpha value is -2.04. The molecule has 0 spiro atoms. The third-order valence-electron chi connectivity index (χ3n) is 4.40. The van der Waals surface area contributed by atoms with E-state index in [-0.39, 0.29) is 11.7 Å². The van der Waals surface area contributed by atoms with Crippen molar-refractivity contribution in [3.05, 3.63) is 58.6 Å². The number of aromatic hydroxyl groups is 1. The van der Waals surface area contributed by atoms with Crippen LogP contribution in [-0.2, 0) is 17.6 Å². The van der Waals surface area contributed by atoms with Gasteiger partial charge in [0.05, 0.1) is 6.04 Å². The summed E-state index contributed by atoms with van der Waals surface area (Å²) in [6.45, 7) is 2.81. The number of benzene rings is 2. The molecule has 1 unspecified atom stereocenters. The van der Waals surface area contributed by atoms with E-state index in [9.17, 15) is 9.90 Å². The molecule has 1 aliphatic rings. The molecule has 4 nitrogen and oxygen atoms in total. The van der Waals surface area contributed by atoms with Crippen molar-refractivity contribution in [2.24, 2.45) is 11.7 Å². The zero-order chi connectivity index (χ0) is 17.3. The van der Waals surface area contributed by atoms with E-state index in [0.717, 1.165) is 17.7 Å². The first-order chi connectivity index (χ1) is 11.5. The molecule has 2 atom stereocenters. The molecule has 0 bridgehead atoms. The first-order valence-corrected chi connectivity index (χ1v) is 8.45. The molecule has 2 aromatic carbocycles. The Balaban J connectivity index is 1.81. The summed E-state index contributed by atoms with van der Waals surface area (Å²) in [4.78, 5) is 14.7. The van der Waals surface area contributed by atoms with Crippen molar-refractivity contribution in [1.29, 1.82) is 0 Å². The number of para-hydroxylation sites is 1. The number of fused-ring (bicyclic) bond motifs is 1. The van der Waals surface area contributed by atoms with Crippen LogP contribution in [0.15, 0.2) is 42.5 Å². The molecule has 1 aliphatic heterocycles. The Morgan fingerprint density at radius 3 is 2.88 bits per heavy atom. The van der Waals surface area contributed by atoms with E-state index in [1.807, 2.05) is 18.2 Å². The van der Waals surface area contributed by atoms with Crippen LogP contribution in [0.5, 0.6) is 5.75 Å².